The number of carbonyl (C=O) groups is 1. The molecule has 0 saturated carbocycles. The summed E-state index contributed by atoms with van der Waals surface area (Å²) < 4.78 is 6.78. The Labute approximate surface area is 107 Å². The van der Waals surface area contributed by atoms with Gasteiger partial charge in [0.2, 0.25) is 0 Å². The molecule has 0 N–H and O–H groups in total. The zero-order chi connectivity index (χ0) is 13.1. The van der Waals surface area contributed by atoms with Gasteiger partial charge in [0.15, 0.2) is 0 Å². The van der Waals surface area contributed by atoms with E-state index in [0.29, 0.717) is 12.1 Å². The highest BCUT2D eigenvalue weighted by Crippen LogP contribution is 2.17. The normalized spacial score (nSPS) is 11.8. The van der Waals surface area contributed by atoms with Gasteiger partial charge in [0.25, 0.3) is 0 Å². The molecule has 94 valence electrons. The molecule has 1 aromatic carbocycles. The molecule has 3 nitrogen and oxygen atoms in total. The van der Waals surface area contributed by atoms with Crippen molar-refractivity contribution in [1.29, 1.82) is 0 Å². The summed E-state index contributed by atoms with van der Waals surface area (Å²) in [5.41, 5.74) is 3.06. The molecule has 1 aromatic heterocycles. The van der Waals surface area contributed by atoms with E-state index in [9.17, 15) is 4.79 Å². The Bertz CT molecular complexity index is 608. The highest BCUT2D eigenvalue weighted by molar-refractivity contribution is 5.87. The summed E-state index contributed by atoms with van der Waals surface area (Å²) in [6.45, 7) is 4.52. The van der Waals surface area contributed by atoms with Crippen LogP contribution in [0.4, 0.5) is 0 Å². The second kappa shape index (κ2) is 5.08. The molecule has 0 fully saturated rings. The van der Waals surface area contributed by atoms with Gasteiger partial charge in [0.05, 0.1) is 7.11 Å². The Morgan fingerprint density at radius 3 is 2.89 bits per heavy atom. The van der Waals surface area contributed by atoms with Crippen LogP contribution in [0.3, 0.4) is 0 Å². The first kappa shape index (κ1) is 12.4. The van der Waals surface area contributed by atoms with Gasteiger partial charge in [0.1, 0.15) is 0 Å². The topological polar surface area (TPSA) is 31.2 Å². The molecule has 0 amide bonds. The van der Waals surface area contributed by atoms with Crippen LogP contribution in [0.2, 0.25) is 0 Å². The second-order valence-electron chi connectivity index (χ2n) is 4.41. The molecule has 2 rings (SSSR count). The lowest BCUT2D eigenvalue weighted by atomic mass is 10.2. The molecular weight excluding hydrogens is 226 g/mol. The SMILES string of the molecule is COC(=O)C(C)=CCn1ccc2cc(C)ccc21. The number of fused-ring (bicyclic) bond motifs is 1. The van der Waals surface area contributed by atoms with E-state index in [-0.39, 0.29) is 5.97 Å². The molecule has 0 aliphatic rings. The van der Waals surface area contributed by atoms with Crippen molar-refractivity contribution in [2.24, 2.45) is 0 Å². The van der Waals surface area contributed by atoms with Crippen molar-refractivity contribution in [2.75, 3.05) is 7.11 Å². The van der Waals surface area contributed by atoms with Gasteiger partial charge in [-0.05, 0) is 37.4 Å². The second-order valence-corrected chi connectivity index (χ2v) is 4.41. The highest BCUT2D eigenvalue weighted by atomic mass is 16.5. The smallest absolute Gasteiger partial charge is 0.333 e. The summed E-state index contributed by atoms with van der Waals surface area (Å²) >= 11 is 0. The highest BCUT2D eigenvalue weighted by Gasteiger charge is 2.03. The fraction of sp³-hybridized carbons (Fsp3) is 0.267. The zero-order valence-electron chi connectivity index (χ0n) is 10.9. The average molecular weight is 243 g/mol. The molecule has 3 heteroatoms. The van der Waals surface area contributed by atoms with E-state index >= 15 is 0 Å². The van der Waals surface area contributed by atoms with E-state index < -0.39 is 0 Å². The van der Waals surface area contributed by atoms with E-state index in [4.69, 9.17) is 0 Å². The maximum Gasteiger partial charge on any atom is 0.333 e. The van der Waals surface area contributed by atoms with Crippen LogP contribution in [0.1, 0.15) is 12.5 Å². The lowest BCUT2D eigenvalue weighted by Gasteiger charge is -2.03. The maximum absolute atomic E-state index is 11.3. The number of rotatable bonds is 3. The van der Waals surface area contributed by atoms with E-state index in [1.807, 2.05) is 12.3 Å². The van der Waals surface area contributed by atoms with Crippen LogP contribution >= 0.6 is 0 Å². The number of hydrogen-bond donors (Lipinski definition) is 0. The van der Waals surface area contributed by atoms with Crippen LogP contribution in [0.15, 0.2) is 42.1 Å². The van der Waals surface area contributed by atoms with Gasteiger partial charge in [-0.15, -0.1) is 0 Å². The van der Waals surface area contributed by atoms with E-state index in [0.717, 1.165) is 0 Å². The Kier molecular flexibility index (Phi) is 3.51. The van der Waals surface area contributed by atoms with E-state index in [2.05, 4.69) is 40.5 Å². The third-order valence-electron chi connectivity index (χ3n) is 3.03. The minimum absolute atomic E-state index is 0.276. The van der Waals surface area contributed by atoms with E-state index in [1.54, 1.807) is 6.92 Å². The number of hydrogen-bond acceptors (Lipinski definition) is 2. The number of aryl methyl sites for hydroxylation is 1. The minimum atomic E-state index is -0.276. The zero-order valence-corrected chi connectivity index (χ0v) is 10.9. The Hall–Kier alpha value is -2.03. The number of benzene rings is 1. The molecule has 0 aliphatic carbocycles. The van der Waals surface area contributed by atoms with Gasteiger partial charge in [-0.1, -0.05) is 17.7 Å². The monoisotopic (exact) mass is 243 g/mol. The molecule has 2 aromatic rings. The third-order valence-corrected chi connectivity index (χ3v) is 3.03. The summed E-state index contributed by atoms with van der Waals surface area (Å²) in [6, 6.07) is 8.44. The van der Waals surface area contributed by atoms with Crippen molar-refractivity contribution in [3.05, 3.63) is 47.7 Å². The molecule has 0 radical (unpaired) electrons. The first-order valence-corrected chi connectivity index (χ1v) is 5.92. The number of esters is 1. The summed E-state index contributed by atoms with van der Waals surface area (Å²) in [5, 5.41) is 1.22. The number of methoxy groups -OCH3 is 1. The summed E-state index contributed by atoms with van der Waals surface area (Å²) in [5.74, 6) is -0.276. The number of aromatic nitrogens is 1. The van der Waals surface area contributed by atoms with Crippen LogP contribution < -0.4 is 0 Å². The van der Waals surface area contributed by atoms with Crippen LogP contribution in [0.5, 0.6) is 0 Å². The number of carbonyl (C=O) groups excluding carboxylic acids is 1. The van der Waals surface area contributed by atoms with Gasteiger partial charge in [-0.3, -0.25) is 0 Å². The van der Waals surface area contributed by atoms with Gasteiger partial charge in [0, 0.05) is 23.8 Å². The van der Waals surface area contributed by atoms with Gasteiger partial charge >= 0.3 is 5.97 Å². The average Bonchev–Trinajstić information content (AvgIpc) is 2.77. The van der Waals surface area contributed by atoms with Crippen LogP contribution in [0, 0.1) is 6.92 Å². The predicted octanol–water partition coefficient (Wildman–Crippen LogP) is 3.07. The van der Waals surface area contributed by atoms with Gasteiger partial charge < -0.3 is 9.30 Å². The van der Waals surface area contributed by atoms with Crippen LogP contribution in [-0.2, 0) is 16.1 Å². The van der Waals surface area contributed by atoms with Crippen LogP contribution in [0.25, 0.3) is 10.9 Å². The van der Waals surface area contributed by atoms with Gasteiger partial charge in [-0.2, -0.15) is 0 Å². The first-order valence-electron chi connectivity index (χ1n) is 5.92. The molecule has 18 heavy (non-hydrogen) atoms. The van der Waals surface area contributed by atoms with Crippen molar-refractivity contribution in [2.45, 2.75) is 20.4 Å². The fourth-order valence-corrected chi connectivity index (χ4v) is 1.96. The Morgan fingerprint density at radius 2 is 2.17 bits per heavy atom. The quantitative estimate of drug-likeness (QED) is 0.613. The molecule has 0 spiro atoms. The lowest BCUT2D eigenvalue weighted by Crippen LogP contribution is -2.03. The fourth-order valence-electron chi connectivity index (χ4n) is 1.96. The largest absolute Gasteiger partial charge is 0.466 e. The third kappa shape index (κ3) is 2.45. The number of allylic oxidation sites excluding steroid dienone is 1. The van der Waals surface area contributed by atoms with Gasteiger partial charge in [-0.25, -0.2) is 4.79 Å². The van der Waals surface area contributed by atoms with Crippen molar-refractivity contribution >= 4 is 16.9 Å². The molecule has 1 heterocycles. The first-order chi connectivity index (χ1) is 8.61. The molecule has 0 aliphatic heterocycles. The van der Waals surface area contributed by atoms with Crippen molar-refractivity contribution in [3.8, 4) is 0 Å². The number of ether oxygens (including phenoxy) is 1. The summed E-state index contributed by atoms with van der Waals surface area (Å²) in [6.07, 6.45) is 3.91. The predicted molar refractivity (Wildman–Crippen MR) is 72.4 cm³/mol. The van der Waals surface area contributed by atoms with Crippen molar-refractivity contribution in [3.63, 3.8) is 0 Å². The molecular formula is C15H17NO2. The molecule has 0 saturated heterocycles. The summed E-state index contributed by atoms with van der Waals surface area (Å²) in [7, 11) is 1.40. The molecule has 0 atom stereocenters. The molecule has 0 bridgehead atoms. The summed E-state index contributed by atoms with van der Waals surface area (Å²) in [4.78, 5) is 11.3. The van der Waals surface area contributed by atoms with Crippen molar-refractivity contribution in [1.82, 2.24) is 4.57 Å². The Balaban J connectivity index is 2.25. The molecule has 0 unspecified atom stereocenters. The van der Waals surface area contributed by atoms with E-state index in [1.165, 1.54) is 23.6 Å². The van der Waals surface area contributed by atoms with Crippen LogP contribution in [-0.4, -0.2) is 17.6 Å². The Morgan fingerprint density at radius 1 is 1.39 bits per heavy atom. The maximum atomic E-state index is 11.3. The lowest BCUT2D eigenvalue weighted by molar-refractivity contribution is -0.136. The number of nitrogens with zero attached hydrogens (tertiary/aromatic N) is 1. The minimum Gasteiger partial charge on any atom is -0.466 e. The van der Waals surface area contributed by atoms with Crippen molar-refractivity contribution < 1.29 is 9.53 Å². The standard InChI is InChI=1S/C15H17NO2/c1-11-4-5-14-13(10-11)7-9-16(14)8-6-12(2)15(17)18-3/h4-7,9-10H,8H2,1-3H3.